The van der Waals surface area contributed by atoms with Crippen molar-refractivity contribution >= 4 is 33.3 Å². The van der Waals surface area contributed by atoms with Crippen LogP contribution in [0.1, 0.15) is 10.4 Å². The van der Waals surface area contributed by atoms with Gasteiger partial charge in [0.25, 0.3) is 10.0 Å². The molecule has 0 aliphatic rings. The van der Waals surface area contributed by atoms with Gasteiger partial charge in [-0.25, -0.2) is 17.6 Å². The predicted molar refractivity (Wildman–Crippen MR) is 75.6 cm³/mol. The average molecular weight is 330 g/mol. The molecule has 0 fully saturated rings. The van der Waals surface area contributed by atoms with Gasteiger partial charge in [0, 0.05) is 0 Å². The van der Waals surface area contributed by atoms with Crippen LogP contribution in [0.2, 0.25) is 5.02 Å². The zero-order valence-corrected chi connectivity index (χ0v) is 12.0. The van der Waals surface area contributed by atoms with Gasteiger partial charge >= 0.3 is 5.97 Å². The van der Waals surface area contributed by atoms with Gasteiger partial charge in [0.15, 0.2) is 0 Å². The van der Waals surface area contributed by atoms with Crippen LogP contribution in [0.5, 0.6) is 0 Å². The Labute approximate surface area is 125 Å². The average Bonchev–Trinajstić information content (AvgIpc) is 2.43. The van der Waals surface area contributed by atoms with Crippen molar-refractivity contribution in [1.29, 1.82) is 0 Å². The summed E-state index contributed by atoms with van der Waals surface area (Å²) < 4.78 is 39.7. The first kappa shape index (κ1) is 15.3. The largest absolute Gasteiger partial charge is 0.478 e. The standard InChI is InChI=1S/C13H9ClFNO4S/c14-11-5-4-9(7-12(11)15)16-21(19,20)10-3-1-2-8(6-10)13(17)18/h1-7,16H,(H,17,18). The predicted octanol–water partition coefficient (Wildman–Crippen LogP) is 2.98. The third kappa shape index (κ3) is 3.50. The summed E-state index contributed by atoms with van der Waals surface area (Å²) in [6.07, 6.45) is 0. The van der Waals surface area contributed by atoms with Crippen molar-refractivity contribution in [3.05, 3.63) is 58.9 Å². The first-order chi connectivity index (χ1) is 9.79. The molecule has 21 heavy (non-hydrogen) atoms. The molecule has 2 aromatic rings. The van der Waals surface area contributed by atoms with E-state index >= 15 is 0 Å². The number of nitrogens with one attached hydrogen (secondary N) is 1. The van der Waals surface area contributed by atoms with Crippen LogP contribution in [0, 0.1) is 5.82 Å². The highest BCUT2D eigenvalue weighted by Gasteiger charge is 2.16. The highest BCUT2D eigenvalue weighted by molar-refractivity contribution is 7.92. The van der Waals surface area contributed by atoms with E-state index in [-0.39, 0.29) is 21.2 Å². The Morgan fingerprint density at radius 1 is 1.19 bits per heavy atom. The highest BCUT2D eigenvalue weighted by atomic mass is 35.5. The molecule has 110 valence electrons. The molecule has 0 spiro atoms. The lowest BCUT2D eigenvalue weighted by Gasteiger charge is -2.09. The minimum absolute atomic E-state index is 0.0161. The molecule has 8 heteroatoms. The second-order valence-electron chi connectivity index (χ2n) is 4.07. The molecule has 0 radical (unpaired) electrons. The van der Waals surface area contributed by atoms with E-state index in [4.69, 9.17) is 16.7 Å². The fourth-order valence-electron chi connectivity index (χ4n) is 1.57. The fourth-order valence-corrected chi connectivity index (χ4v) is 2.78. The zero-order valence-electron chi connectivity index (χ0n) is 10.4. The number of carbonyl (C=O) groups is 1. The second kappa shape index (κ2) is 5.71. The lowest BCUT2D eigenvalue weighted by atomic mass is 10.2. The number of benzene rings is 2. The number of sulfonamides is 1. The summed E-state index contributed by atoms with van der Waals surface area (Å²) in [5.41, 5.74) is -0.183. The van der Waals surface area contributed by atoms with Crippen molar-refractivity contribution in [1.82, 2.24) is 0 Å². The Balaban J connectivity index is 2.36. The van der Waals surface area contributed by atoms with Gasteiger partial charge in [-0.2, -0.15) is 0 Å². The monoisotopic (exact) mass is 329 g/mol. The van der Waals surface area contributed by atoms with Crippen LogP contribution < -0.4 is 4.72 Å². The Morgan fingerprint density at radius 2 is 1.90 bits per heavy atom. The first-order valence-corrected chi connectivity index (χ1v) is 7.47. The number of hydrogen-bond acceptors (Lipinski definition) is 3. The van der Waals surface area contributed by atoms with E-state index in [9.17, 15) is 17.6 Å². The summed E-state index contributed by atoms with van der Waals surface area (Å²) in [6, 6.07) is 8.26. The molecule has 0 atom stereocenters. The molecule has 0 heterocycles. The maximum atomic E-state index is 13.3. The molecule has 0 unspecified atom stereocenters. The van der Waals surface area contributed by atoms with Crippen LogP contribution in [0.4, 0.5) is 10.1 Å². The number of carboxylic acid groups (broad SMARTS) is 1. The Morgan fingerprint density at radius 3 is 2.52 bits per heavy atom. The van der Waals surface area contributed by atoms with Crippen molar-refractivity contribution in [3.8, 4) is 0 Å². The molecular weight excluding hydrogens is 321 g/mol. The fraction of sp³-hybridized carbons (Fsp3) is 0. The van der Waals surface area contributed by atoms with E-state index < -0.39 is 21.8 Å². The second-order valence-corrected chi connectivity index (χ2v) is 6.16. The third-order valence-corrected chi connectivity index (χ3v) is 4.25. The van der Waals surface area contributed by atoms with E-state index in [1.54, 1.807) is 0 Å². The number of anilines is 1. The van der Waals surface area contributed by atoms with Crippen molar-refractivity contribution in [3.63, 3.8) is 0 Å². The Kier molecular flexibility index (Phi) is 4.15. The quantitative estimate of drug-likeness (QED) is 0.903. The van der Waals surface area contributed by atoms with Gasteiger partial charge in [-0.1, -0.05) is 17.7 Å². The molecule has 2 rings (SSSR count). The SMILES string of the molecule is O=C(O)c1cccc(S(=O)(=O)Nc2ccc(Cl)c(F)c2)c1. The van der Waals surface area contributed by atoms with Gasteiger partial charge < -0.3 is 5.11 Å². The van der Waals surface area contributed by atoms with Crippen LogP contribution in [-0.4, -0.2) is 19.5 Å². The van der Waals surface area contributed by atoms with E-state index in [1.807, 2.05) is 0 Å². The topological polar surface area (TPSA) is 83.5 Å². The highest BCUT2D eigenvalue weighted by Crippen LogP contribution is 2.22. The van der Waals surface area contributed by atoms with Crippen LogP contribution in [-0.2, 0) is 10.0 Å². The molecule has 0 saturated heterocycles. The number of hydrogen-bond donors (Lipinski definition) is 2. The van der Waals surface area contributed by atoms with Crippen molar-refractivity contribution < 1.29 is 22.7 Å². The summed E-state index contributed by atoms with van der Waals surface area (Å²) in [5.74, 6) is -2.01. The van der Waals surface area contributed by atoms with E-state index in [2.05, 4.69) is 4.72 Å². The molecule has 0 aliphatic heterocycles. The Hall–Kier alpha value is -2.12. The minimum Gasteiger partial charge on any atom is -0.478 e. The van der Waals surface area contributed by atoms with E-state index in [1.165, 1.54) is 30.3 Å². The molecule has 0 aromatic heterocycles. The van der Waals surface area contributed by atoms with Gasteiger partial charge in [-0.15, -0.1) is 0 Å². The van der Waals surface area contributed by atoms with Gasteiger partial charge in [0.2, 0.25) is 0 Å². The third-order valence-electron chi connectivity index (χ3n) is 2.56. The van der Waals surface area contributed by atoms with Gasteiger partial charge in [-0.05, 0) is 36.4 Å². The summed E-state index contributed by atoms with van der Waals surface area (Å²) in [5, 5.41) is 8.72. The number of aromatic carboxylic acids is 1. The summed E-state index contributed by atoms with van der Waals surface area (Å²) >= 11 is 5.51. The molecule has 0 amide bonds. The lowest BCUT2D eigenvalue weighted by molar-refractivity contribution is 0.0696. The molecular formula is C13H9ClFNO4S. The van der Waals surface area contributed by atoms with E-state index in [0.29, 0.717) is 0 Å². The van der Waals surface area contributed by atoms with Crippen LogP contribution >= 0.6 is 11.6 Å². The van der Waals surface area contributed by atoms with Crippen LogP contribution in [0.3, 0.4) is 0 Å². The minimum atomic E-state index is -4.02. The molecule has 5 nitrogen and oxygen atoms in total. The van der Waals surface area contributed by atoms with Gasteiger partial charge in [0.05, 0.1) is 21.2 Å². The van der Waals surface area contributed by atoms with Crippen molar-refractivity contribution in [2.45, 2.75) is 4.90 Å². The molecule has 0 aliphatic carbocycles. The number of rotatable bonds is 4. The van der Waals surface area contributed by atoms with Crippen LogP contribution in [0.25, 0.3) is 0 Å². The smallest absolute Gasteiger partial charge is 0.335 e. The Bertz CT molecular complexity index is 808. The van der Waals surface area contributed by atoms with E-state index in [0.717, 1.165) is 12.1 Å². The number of carboxylic acids is 1. The summed E-state index contributed by atoms with van der Waals surface area (Å²) in [4.78, 5) is 10.6. The molecule has 0 bridgehead atoms. The molecule has 2 aromatic carbocycles. The van der Waals surface area contributed by atoms with Crippen molar-refractivity contribution in [2.24, 2.45) is 0 Å². The summed E-state index contributed by atoms with van der Waals surface area (Å²) in [7, 11) is -4.02. The van der Waals surface area contributed by atoms with Crippen molar-refractivity contribution in [2.75, 3.05) is 4.72 Å². The normalized spacial score (nSPS) is 11.1. The van der Waals surface area contributed by atoms with Crippen LogP contribution in [0.15, 0.2) is 47.4 Å². The lowest BCUT2D eigenvalue weighted by Crippen LogP contribution is -2.13. The zero-order chi connectivity index (χ0) is 15.6. The maximum absolute atomic E-state index is 13.3. The van der Waals surface area contributed by atoms with Gasteiger partial charge in [0.1, 0.15) is 5.82 Å². The first-order valence-electron chi connectivity index (χ1n) is 5.61. The molecule has 2 N–H and O–H groups in total. The maximum Gasteiger partial charge on any atom is 0.335 e. The summed E-state index contributed by atoms with van der Waals surface area (Å²) in [6.45, 7) is 0. The molecule has 0 saturated carbocycles. The van der Waals surface area contributed by atoms with Gasteiger partial charge in [-0.3, -0.25) is 4.72 Å². The number of halogens is 2.